The number of ketones is 3. The molecule has 0 aromatic heterocycles. The van der Waals surface area contributed by atoms with E-state index in [-0.39, 0.29) is 24.4 Å². The van der Waals surface area contributed by atoms with Gasteiger partial charge in [0.15, 0.2) is 23.2 Å². The topological polar surface area (TPSA) is 51.2 Å². The Hall–Kier alpha value is -1.84. The van der Waals surface area contributed by atoms with Gasteiger partial charge in [0, 0.05) is 16.2 Å². The van der Waals surface area contributed by atoms with E-state index >= 15 is 0 Å². The van der Waals surface area contributed by atoms with Crippen LogP contribution < -0.4 is 0 Å². The maximum atomic E-state index is 14.5. The largest absolute Gasteiger partial charge is 0.294 e. The Labute approximate surface area is 162 Å². The van der Waals surface area contributed by atoms with Crippen LogP contribution in [0.25, 0.3) is 0 Å². The monoisotopic (exact) mass is 376 g/mol. The van der Waals surface area contributed by atoms with E-state index in [0.29, 0.717) is 0 Å². The van der Waals surface area contributed by atoms with Crippen LogP contribution in [0.15, 0.2) is 35.7 Å². The quantitative estimate of drug-likeness (QED) is 0.485. The van der Waals surface area contributed by atoms with E-state index in [4.69, 9.17) is 0 Å². The number of halogens is 1. The summed E-state index contributed by atoms with van der Waals surface area (Å²) in [4.78, 5) is 36.8. The van der Waals surface area contributed by atoms with Crippen molar-refractivity contribution in [2.45, 2.75) is 74.1 Å². The van der Waals surface area contributed by atoms with Gasteiger partial charge in [0.1, 0.15) is 0 Å². The van der Waals surface area contributed by atoms with Gasteiger partial charge in [0.2, 0.25) is 0 Å². The van der Waals surface area contributed by atoms with Crippen LogP contribution in [0.2, 0.25) is 0 Å². The van der Waals surface area contributed by atoms with Gasteiger partial charge in [-0.1, -0.05) is 60.6 Å². The number of hydrogen-bond acceptors (Lipinski definition) is 3. The van der Waals surface area contributed by atoms with E-state index < -0.39 is 27.9 Å². The lowest BCUT2D eigenvalue weighted by atomic mass is 9.76. The van der Waals surface area contributed by atoms with Gasteiger partial charge in [0.05, 0.1) is 0 Å². The lowest BCUT2D eigenvalue weighted by Crippen LogP contribution is -2.28. The molecule has 0 N–H and O–H groups in total. The standard InChI is InChI=1S/C23H33FO3/c1-21(2,3)18(25)12-9-14-22(4,5)20(27)17(24)13-15-23(6,7)19(26)16-10-8-11-16/h9-10,12-13H,8,11,14-15H2,1-7H3/b12-9+,17-13-. The van der Waals surface area contributed by atoms with Crippen molar-refractivity contribution in [1.29, 1.82) is 0 Å². The minimum absolute atomic E-state index is 0.0214. The van der Waals surface area contributed by atoms with Crippen molar-refractivity contribution in [2.24, 2.45) is 16.2 Å². The summed E-state index contributed by atoms with van der Waals surface area (Å²) in [7, 11) is 0. The van der Waals surface area contributed by atoms with Crippen molar-refractivity contribution < 1.29 is 18.8 Å². The van der Waals surface area contributed by atoms with Crippen molar-refractivity contribution in [3.05, 3.63) is 35.7 Å². The van der Waals surface area contributed by atoms with Crippen molar-refractivity contribution >= 4 is 17.3 Å². The first-order chi connectivity index (χ1) is 12.2. The number of rotatable bonds is 9. The molecule has 150 valence electrons. The molecule has 0 fully saturated rings. The van der Waals surface area contributed by atoms with Gasteiger partial charge >= 0.3 is 0 Å². The zero-order valence-electron chi connectivity index (χ0n) is 17.7. The van der Waals surface area contributed by atoms with Crippen molar-refractivity contribution in [2.75, 3.05) is 0 Å². The van der Waals surface area contributed by atoms with Crippen molar-refractivity contribution in [3.8, 4) is 0 Å². The molecule has 3 nitrogen and oxygen atoms in total. The summed E-state index contributed by atoms with van der Waals surface area (Å²) in [6, 6.07) is 0. The van der Waals surface area contributed by atoms with Crippen LogP contribution in [-0.2, 0) is 14.4 Å². The number of hydrogen-bond donors (Lipinski definition) is 0. The van der Waals surface area contributed by atoms with Crippen LogP contribution in [0.3, 0.4) is 0 Å². The Morgan fingerprint density at radius 2 is 1.56 bits per heavy atom. The Kier molecular flexibility index (Phi) is 7.26. The van der Waals surface area contributed by atoms with Gasteiger partial charge < -0.3 is 0 Å². The molecule has 0 saturated heterocycles. The van der Waals surface area contributed by atoms with Crippen LogP contribution >= 0.6 is 0 Å². The third kappa shape index (κ3) is 6.37. The molecule has 0 atom stereocenters. The molecule has 0 aliphatic heterocycles. The summed E-state index contributed by atoms with van der Waals surface area (Å²) in [6.07, 6.45) is 8.37. The number of allylic oxidation sites excluding steroid dienone is 6. The lowest BCUT2D eigenvalue weighted by Gasteiger charge is -2.26. The van der Waals surface area contributed by atoms with Crippen molar-refractivity contribution in [1.82, 2.24) is 0 Å². The van der Waals surface area contributed by atoms with E-state index in [1.807, 2.05) is 26.8 Å². The zero-order chi connectivity index (χ0) is 21.0. The highest BCUT2D eigenvalue weighted by atomic mass is 19.1. The molecule has 27 heavy (non-hydrogen) atoms. The molecule has 0 spiro atoms. The lowest BCUT2D eigenvalue weighted by molar-refractivity contribution is -0.125. The summed E-state index contributed by atoms with van der Waals surface area (Å²) >= 11 is 0. The summed E-state index contributed by atoms with van der Waals surface area (Å²) in [6.45, 7) is 12.3. The third-order valence-electron chi connectivity index (χ3n) is 4.97. The summed E-state index contributed by atoms with van der Waals surface area (Å²) in [5.41, 5.74) is -1.37. The number of carbonyl (C=O) groups is 3. The Bertz CT molecular complexity index is 698. The molecule has 0 unspecified atom stereocenters. The fourth-order valence-corrected chi connectivity index (χ4v) is 2.59. The predicted octanol–water partition coefficient (Wildman–Crippen LogP) is 5.70. The van der Waals surface area contributed by atoms with Gasteiger partial charge in [0.25, 0.3) is 0 Å². The normalized spacial score (nSPS) is 16.1. The first kappa shape index (κ1) is 23.2. The van der Waals surface area contributed by atoms with Gasteiger partial charge in [-0.25, -0.2) is 4.39 Å². The van der Waals surface area contributed by atoms with E-state index in [1.54, 1.807) is 33.8 Å². The molecule has 1 aliphatic carbocycles. The first-order valence-electron chi connectivity index (χ1n) is 9.54. The molecular weight excluding hydrogens is 343 g/mol. The SMILES string of the molecule is CC(C)(C)C(=O)/C=C/CC(C)(C)C(=O)/C(F)=C/CC(C)(C)C(=O)C1=CCC1. The van der Waals surface area contributed by atoms with Gasteiger partial charge in [-0.15, -0.1) is 0 Å². The van der Waals surface area contributed by atoms with Crippen LogP contribution in [0.1, 0.15) is 74.1 Å². The maximum Gasteiger partial charge on any atom is 0.196 e. The molecule has 0 aromatic carbocycles. The average Bonchev–Trinajstić information content (AvgIpc) is 2.48. The van der Waals surface area contributed by atoms with Crippen LogP contribution in [0.4, 0.5) is 4.39 Å². The summed E-state index contributed by atoms with van der Waals surface area (Å²) < 4.78 is 14.5. The average molecular weight is 377 g/mol. The van der Waals surface area contributed by atoms with Gasteiger partial charge in [-0.05, 0) is 43.4 Å². The molecule has 4 heteroatoms. The Morgan fingerprint density at radius 1 is 1.00 bits per heavy atom. The summed E-state index contributed by atoms with van der Waals surface area (Å²) in [5.74, 6) is -1.44. The fraction of sp³-hybridized carbons (Fsp3) is 0.609. The molecule has 0 bridgehead atoms. The fourth-order valence-electron chi connectivity index (χ4n) is 2.59. The predicted molar refractivity (Wildman–Crippen MR) is 107 cm³/mol. The minimum atomic E-state index is -0.958. The second-order valence-electron chi connectivity index (χ2n) is 9.67. The van der Waals surface area contributed by atoms with E-state index in [0.717, 1.165) is 18.4 Å². The van der Waals surface area contributed by atoms with E-state index in [9.17, 15) is 18.8 Å². The highest BCUT2D eigenvalue weighted by Gasteiger charge is 2.33. The van der Waals surface area contributed by atoms with E-state index in [2.05, 4.69) is 0 Å². The Morgan fingerprint density at radius 3 is 2.00 bits per heavy atom. The van der Waals surface area contributed by atoms with Gasteiger partial charge in [-0.2, -0.15) is 0 Å². The molecule has 0 aromatic rings. The highest BCUT2D eigenvalue weighted by molar-refractivity contribution is 6.01. The molecule has 1 rings (SSSR count). The molecule has 0 amide bonds. The number of Topliss-reactive ketones (excluding diaryl/α,β-unsaturated/α-hetero) is 2. The molecule has 1 aliphatic rings. The first-order valence-corrected chi connectivity index (χ1v) is 9.54. The smallest absolute Gasteiger partial charge is 0.196 e. The van der Waals surface area contributed by atoms with Crippen molar-refractivity contribution in [3.63, 3.8) is 0 Å². The second kappa shape index (κ2) is 8.45. The minimum Gasteiger partial charge on any atom is -0.294 e. The third-order valence-corrected chi connectivity index (χ3v) is 4.97. The van der Waals surface area contributed by atoms with Crippen LogP contribution in [0.5, 0.6) is 0 Å². The maximum absolute atomic E-state index is 14.5. The van der Waals surface area contributed by atoms with E-state index in [1.165, 1.54) is 12.2 Å². The number of carbonyl (C=O) groups excluding carboxylic acids is 3. The summed E-state index contributed by atoms with van der Waals surface area (Å²) in [5, 5.41) is 0. The molecule has 0 saturated carbocycles. The second-order valence-corrected chi connectivity index (χ2v) is 9.67. The zero-order valence-corrected chi connectivity index (χ0v) is 17.7. The van der Waals surface area contributed by atoms with Gasteiger partial charge in [-0.3, -0.25) is 14.4 Å². The molecule has 0 radical (unpaired) electrons. The van der Waals surface area contributed by atoms with Crippen LogP contribution in [-0.4, -0.2) is 17.3 Å². The Balaban J connectivity index is 2.74. The molecule has 0 heterocycles. The molecular formula is C23H33FO3. The van der Waals surface area contributed by atoms with Crippen LogP contribution in [0, 0.1) is 16.2 Å². The highest BCUT2D eigenvalue weighted by Crippen LogP contribution is 2.33.